The van der Waals surface area contributed by atoms with Gasteiger partial charge in [0, 0.05) is 24.6 Å². The average Bonchev–Trinajstić information content (AvgIpc) is 2.27. The quantitative estimate of drug-likeness (QED) is 0.454. The Hall–Kier alpha value is -2.28. The molecular formula is C10H11N3O4. The van der Waals surface area contributed by atoms with E-state index in [1.807, 2.05) is 0 Å². The summed E-state index contributed by atoms with van der Waals surface area (Å²) in [5, 5.41) is 13.0. The molecule has 90 valence electrons. The summed E-state index contributed by atoms with van der Waals surface area (Å²) in [5.74, 6) is -0.845. The Kier molecular flexibility index (Phi) is 3.89. The second-order valence-electron chi connectivity index (χ2n) is 3.30. The van der Waals surface area contributed by atoms with Gasteiger partial charge in [0.15, 0.2) is 5.78 Å². The Morgan fingerprint density at radius 2 is 2.12 bits per heavy atom. The zero-order chi connectivity index (χ0) is 13.0. The lowest BCUT2D eigenvalue weighted by atomic mass is 10.1. The van der Waals surface area contributed by atoms with Crippen LogP contribution in [0.2, 0.25) is 0 Å². The molecule has 0 spiro atoms. The fourth-order valence-corrected chi connectivity index (χ4v) is 1.29. The molecule has 17 heavy (non-hydrogen) atoms. The zero-order valence-corrected chi connectivity index (χ0v) is 9.10. The fraction of sp³-hybridized carbons (Fsp3) is 0.200. The minimum absolute atomic E-state index is 0.0388. The molecule has 0 bridgehead atoms. The standard InChI is InChI=1S/C10H11N3O4/c1-6(14)12-9-3-2-7(13(16)17)4-8(9)10(15)5-11/h2-4H,5,11H2,1H3,(H,12,14). The van der Waals surface area contributed by atoms with E-state index in [0.717, 1.165) is 6.07 Å². The van der Waals surface area contributed by atoms with Crippen LogP contribution in [0.4, 0.5) is 11.4 Å². The van der Waals surface area contributed by atoms with Crippen LogP contribution in [0.25, 0.3) is 0 Å². The smallest absolute Gasteiger partial charge is 0.270 e. The monoisotopic (exact) mass is 237 g/mol. The molecule has 0 aromatic heterocycles. The Balaban J connectivity index is 3.25. The van der Waals surface area contributed by atoms with E-state index in [-0.39, 0.29) is 29.4 Å². The number of hydrogen-bond acceptors (Lipinski definition) is 5. The molecule has 0 aliphatic heterocycles. The third kappa shape index (κ3) is 3.08. The number of nitrogens with zero attached hydrogens (tertiary/aromatic N) is 1. The average molecular weight is 237 g/mol. The van der Waals surface area contributed by atoms with Crippen molar-refractivity contribution in [1.29, 1.82) is 0 Å². The van der Waals surface area contributed by atoms with Crippen molar-refractivity contribution in [3.63, 3.8) is 0 Å². The molecule has 1 rings (SSSR count). The number of nitrogens with one attached hydrogen (secondary N) is 1. The third-order valence-electron chi connectivity index (χ3n) is 2.01. The van der Waals surface area contributed by atoms with Crippen molar-refractivity contribution in [2.45, 2.75) is 6.92 Å². The van der Waals surface area contributed by atoms with Crippen LogP contribution in [0.1, 0.15) is 17.3 Å². The van der Waals surface area contributed by atoms with Crippen molar-refractivity contribution < 1.29 is 14.5 Å². The first-order valence-corrected chi connectivity index (χ1v) is 4.75. The first-order chi connectivity index (χ1) is 7.95. The van der Waals surface area contributed by atoms with Crippen LogP contribution < -0.4 is 11.1 Å². The number of rotatable bonds is 4. The van der Waals surface area contributed by atoms with Crippen molar-refractivity contribution in [3.05, 3.63) is 33.9 Å². The largest absolute Gasteiger partial charge is 0.326 e. The first kappa shape index (κ1) is 12.8. The molecule has 7 heteroatoms. The van der Waals surface area contributed by atoms with E-state index in [1.165, 1.54) is 19.1 Å². The number of anilines is 1. The van der Waals surface area contributed by atoms with Gasteiger partial charge in [-0.15, -0.1) is 0 Å². The van der Waals surface area contributed by atoms with Gasteiger partial charge in [0.05, 0.1) is 17.2 Å². The fourth-order valence-electron chi connectivity index (χ4n) is 1.29. The van der Waals surface area contributed by atoms with Crippen LogP contribution in [0.3, 0.4) is 0 Å². The van der Waals surface area contributed by atoms with Gasteiger partial charge in [0.2, 0.25) is 5.91 Å². The van der Waals surface area contributed by atoms with Crippen LogP contribution >= 0.6 is 0 Å². The van der Waals surface area contributed by atoms with Gasteiger partial charge >= 0.3 is 0 Å². The van der Waals surface area contributed by atoms with Gasteiger partial charge < -0.3 is 11.1 Å². The maximum Gasteiger partial charge on any atom is 0.270 e. The summed E-state index contributed by atoms with van der Waals surface area (Å²) >= 11 is 0. The molecule has 0 heterocycles. The van der Waals surface area contributed by atoms with E-state index >= 15 is 0 Å². The van der Waals surface area contributed by atoms with Crippen molar-refractivity contribution in [2.75, 3.05) is 11.9 Å². The lowest BCUT2D eigenvalue weighted by Crippen LogP contribution is -2.17. The molecule has 0 atom stereocenters. The number of ketones is 1. The van der Waals surface area contributed by atoms with Gasteiger partial charge in [-0.3, -0.25) is 19.7 Å². The summed E-state index contributed by atoms with van der Waals surface area (Å²) in [6.07, 6.45) is 0. The van der Waals surface area contributed by atoms with Crippen LogP contribution in [-0.2, 0) is 4.79 Å². The number of amides is 1. The van der Waals surface area contributed by atoms with E-state index in [4.69, 9.17) is 5.73 Å². The Bertz CT molecular complexity index is 484. The maximum atomic E-state index is 11.5. The van der Waals surface area contributed by atoms with Crippen LogP contribution in [0.5, 0.6) is 0 Å². The summed E-state index contributed by atoms with van der Waals surface area (Å²) in [4.78, 5) is 32.4. The minimum Gasteiger partial charge on any atom is -0.326 e. The Morgan fingerprint density at radius 3 is 2.59 bits per heavy atom. The normalized spacial score (nSPS) is 9.76. The molecule has 1 aromatic carbocycles. The van der Waals surface area contributed by atoms with Gasteiger partial charge in [-0.2, -0.15) is 0 Å². The summed E-state index contributed by atoms with van der Waals surface area (Å²) < 4.78 is 0. The van der Waals surface area contributed by atoms with E-state index in [0.29, 0.717) is 0 Å². The minimum atomic E-state index is -0.620. The lowest BCUT2D eigenvalue weighted by molar-refractivity contribution is -0.384. The molecule has 0 unspecified atom stereocenters. The van der Waals surface area contributed by atoms with Crippen molar-refractivity contribution in [3.8, 4) is 0 Å². The van der Waals surface area contributed by atoms with E-state index in [1.54, 1.807) is 0 Å². The topological polar surface area (TPSA) is 115 Å². The number of benzene rings is 1. The highest BCUT2D eigenvalue weighted by Crippen LogP contribution is 2.22. The number of nitrogens with two attached hydrogens (primary N) is 1. The van der Waals surface area contributed by atoms with E-state index in [9.17, 15) is 19.7 Å². The summed E-state index contributed by atoms with van der Waals surface area (Å²) in [7, 11) is 0. The number of nitro benzene ring substituents is 1. The highest BCUT2D eigenvalue weighted by molar-refractivity contribution is 6.05. The van der Waals surface area contributed by atoms with Gasteiger partial charge in [0.1, 0.15) is 0 Å². The highest BCUT2D eigenvalue weighted by atomic mass is 16.6. The SMILES string of the molecule is CC(=O)Nc1ccc([N+](=O)[O-])cc1C(=O)CN. The lowest BCUT2D eigenvalue weighted by Gasteiger charge is -2.07. The molecule has 0 saturated heterocycles. The van der Waals surface area contributed by atoms with Gasteiger partial charge in [-0.1, -0.05) is 0 Å². The number of Topliss-reactive ketones (excluding diaryl/α,β-unsaturated/α-hetero) is 1. The second kappa shape index (κ2) is 5.17. The number of non-ortho nitro benzene ring substituents is 1. The summed E-state index contributed by atoms with van der Waals surface area (Å²) in [6.45, 7) is 0.992. The number of carbonyl (C=O) groups is 2. The van der Waals surface area contributed by atoms with E-state index in [2.05, 4.69) is 5.32 Å². The van der Waals surface area contributed by atoms with Crippen molar-refractivity contribution in [2.24, 2.45) is 5.73 Å². The molecule has 0 radical (unpaired) electrons. The summed E-state index contributed by atoms with van der Waals surface area (Å²) in [5.41, 5.74) is 5.23. The molecule has 3 N–H and O–H groups in total. The van der Waals surface area contributed by atoms with Crippen LogP contribution in [0, 0.1) is 10.1 Å². The van der Waals surface area contributed by atoms with Gasteiger partial charge in [0.25, 0.3) is 5.69 Å². The third-order valence-corrected chi connectivity index (χ3v) is 2.01. The molecule has 7 nitrogen and oxygen atoms in total. The highest BCUT2D eigenvalue weighted by Gasteiger charge is 2.16. The van der Waals surface area contributed by atoms with Crippen molar-refractivity contribution in [1.82, 2.24) is 0 Å². The van der Waals surface area contributed by atoms with Crippen LogP contribution in [0.15, 0.2) is 18.2 Å². The first-order valence-electron chi connectivity index (χ1n) is 4.75. The molecule has 0 aliphatic carbocycles. The maximum absolute atomic E-state index is 11.5. The number of carbonyl (C=O) groups excluding carboxylic acids is 2. The van der Waals surface area contributed by atoms with Gasteiger partial charge in [-0.05, 0) is 6.07 Å². The predicted octanol–water partition coefficient (Wildman–Crippen LogP) is 0.695. The number of nitro groups is 1. The number of hydrogen-bond donors (Lipinski definition) is 2. The second-order valence-corrected chi connectivity index (χ2v) is 3.30. The molecule has 1 aromatic rings. The molecule has 1 amide bonds. The molecule has 0 saturated carbocycles. The van der Waals surface area contributed by atoms with Crippen LogP contribution in [-0.4, -0.2) is 23.2 Å². The molecular weight excluding hydrogens is 226 g/mol. The predicted molar refractivity (Wildman–Crippen MR) is 60.8 cm³/mol. The Morgan fingerprint density at radius 1 is 1.47 bits per heavy atom. The van der Waals surface area contributed by atoms with Crippen molar-refractivity contribution >= 4 is 23.1 Å². The van der Waals surface area contributed by atoms with Gasteiger partial charge in [-0.25, -0.2) is 0 Å². The zero-order valence-electron chi connectivity index (χ0n) is 9.10. The molecule has 0 aliphatic rings. The summed E-state index contributed by atoms with van der Waals surface area (Å²) in [6, 6.07) is 3.61. The Labute approximate surface area is 96.8 Å². The molecule has 0 fully saturated rings. The van der Waals surface area contributed by atoms with E-state index < -0.39 is 10.7 Å².